The lowest BCUT2D eigenvalue weighted by molar-refractivity contribution is 0.164. The Bertz CT molecular complexity index is 205. The van der Waals surface area contributed by atoms with Crippen LogP contribution in [0.2, 0.25) is 0 Å². The standard InChI is InChI=1S/C12H19F/c1-10-4-2-3-8-12(13,9-7-10)11-5-6-11/h3,8,10-11H,2,4-7,9H2,1H3/b8-3-. The molecule has 0 aromatic heterocycles. The zero-order valence-corrected chi connectivity index (χ0v) is 8.43. The van der Waals surface area contributed by atoms with Crippen LogP contribution in [-0.2, 0) is 0 Å². The molecule has 1 heteroatoms. The molecular weight excluding hydrogens is 163 g/mol. The molecule has 2 aliphatic carbocycles. The summed E-state index contributed by atoms with van der Waals surface area (Å²) < 4.78 is 14.3. The average Bonchev–Trinajstić information content (AvgIpc) is 2.89. The first-order valence-electron chi connectivity index (χ1n) is 5.57. The second-order valence-electron chi connectivity index (χ2n) is 4.82. The maximum absolute atomic E-state index is 14.3. The summed E-state index contributed by atoms with van der Waals surface area (Å²) >= 11 is 0. The van der Waals surface area contributed by atoms with Gasteiger partial charge in [0, 0.05) is 0 Å². The van der Waals surface area contributed by atoms with E-state index in [1.807, 2.05) is 6.08 Å². The third-order valence-electron chi connectivity index (χ3n) is 3.50. The van der Waals surface area contributed by atoms with E-state index in [0.29, 0.717) is 11.8 Å². The fourth-order valence-corrected chi connectivity index (χ4v) is 2.26. The van der Waals surface area contributed by atoms with Crippen molar-refractivity contribution >= 4 is 0 Å². The molecule has 2 aliphatic rings. The van der Waals surface area contributed by atoms with Crippen LogP contribution in [0.4, 0.5) is 4.39 Å². The highest BCUT2D eigenvalue weighted by Crippen LogP contribution is 2.47. The van der Waals surface area contributed by atoms with Crippen molar-refractivity contribution in [3.8, 4) is 0 Å². The summed E-state index contributed by atoms with van der Waals surface area (Å²) in [5.74, 6) is 1.06. The largest absolute Gasteiger partial charge is 0.239 e. The van der Waals surface area contributed by atoms with Crippen molar-refractivity contribution in [2.75, 3.05) is 0 Å². The molecule has 0 bridgehead atoms. The van der Waals surface area contributed by atoms with Crippen molar-refractivity contribution in [2.24, 2.45) is 11.8 Å². The van der Waals surface area contributed by atoms with Crippen molar-refractivity contribution in [1.82, 2.24) is 0 Å². The van der Waals surface area contributed by atoms with Gasteiger partial charge in [0.15, 0.2) is 0 Å². The summed E-state index contributed by atoms with van der Waals surface area (Å²) in [5.41, 5.74) is -0.936. The molecule has 0 aromatic carbocycles. The van der Waals surface area contributed by atoms with Gasteiger partial charge in [-0.3, -0.25) is 0 Å². The van der Waals surface area contributed by atoms with Gasteiger partial charge in [-0.1, -0.05) is 19.1 Å². The summed E-state index contributed by atoms with van der Waals surface area (Å²) in [5, 5.41) is 0. The van der Waals surface area contributed by atoms with E-state index in [4.69, 9.17) is 0 Å². The second-order valence-corrected chi connectivity index (χ2v) is 4.82. The molecule has 1 saturated carbocycles. The molecule has 2 unspecified atom stereocenters. The van der Waals surface area contributed by atoms with Crippen LogP contribution in [0, 0.1) is 11.8 Å². The van der Waals surface area contributed by atoms with Crippen LogP contribution in [0.15, 0.2) is 12.2 Å². The van der Waals surface area contributed by atoms with Gasteiger partial charge in [-0.2, -0.15) is 0 Å². The lowest BCUT2D eigenvalue weighted by atomic mass is 9.86. The minimum atomic E-state index is -0.936. The van der Waals surface area contributed by atoms with Crippen LogP contribution in [0.5, 0.6) is 0 Å². The smallest absolute Gasteiger partial charge is 0.131 e. The molecule has 2 rings (SSSR count). The second kappa shape index (κ2) is 3.43. The fraction of sp³-hybridized carbons (Fsp3) is 0.833. The first-order valence-corrected chi connectivity index (χ1v) is 5.57. The average molecular weight is 182 g/mol. The predicted octanol–water partition coefficient (Wildman–Crippen LogP) is 3.87. The minimum absolute atomic E-state index is 0.356. The lowest BCUT2D eigenvalue weighted by Gasteiger charge is -2.25. The van der Waals surface area contributed by atoms with E-state index in [1.54, 1.807) is 0 Å². The van der Waals surface area contributed by atoms with Crippen molar-refractivity contribution in [2.45, 2.75) is 51.1 Å². The van der Waals surface area contributed by atoms with Gasteiger partial charge in [-0.25, -0.2) is 4.39 Å². The molecule has 13 heavy (non-hydrogen) atoms. The Morgan fingerprint density at radius 1 is 1.23 bits per heavy atom. The highest BCUT2D eigenvalue weighted by atomic mass is 19.1. The molecule has 0 heterocycles. The van der Waals surface area contributed by atoms with Crippen LogP contribution in [0.1, 0.15) is 45.4 Å². The van der Waals surface area contributed by atoms with Crippen molar-refractivity contribution < 1.29 is 4.39 Å². The van der Waals surface area contributed by atoms with Crippen LogP contribution in [0.25, 0.3) is 0 Å². The zero-order chi connectivity index (χ0) is 9.31. The topological polar surface area (TPSA) is 0 Å². The summed E-state index contributed by atoms with van der Waals surface area (Å²) in [7, 11) is 0. The summed E-state index contributed by atoms with van der Waals surface area (Å²) in [6.45, 7) is 2.24. The van der Waals surface area contributed by atoms with Gasteiger partial charge >= 0.3 is 0 Å². The van der Waals surface area contributed by atoms with Gasteiger partial charge in [-0.05, 0) is 50.4 Å². The van der Waals surface area contributed by atoms with E-state index in [9.17, 15) is 4.39 Å². The maximum Gasteiger partial charge on any atom is 0.131 e. The number of alkyl halides is 1. The lowest BCUT2D eigenvalue weighted by Crippen LogP contribution is -2.24. The first kappa shape index (κ1) is 9.23. The van der Waals surface area contributed by atoms with Crippen LogP contribution >= 0.6 is 0 Å². The Morgan fingerprint density at radius 3 is 2.69 bits per heavy atom. The third kappa shape index (κ3) is 2.12. The minimum Gasteiger partial charge on any atom is -0.239 e. The Hall–Kier alpha value is -0.330. The van der Waals surface area contributed by atoms with Crippen molar-refractivity contribution in [3.05, 3.63) is 12.2 Å². The van der Waals surface area contributed by atoms with E-state index in [0.717, 1.165) is 32.1 Å². The molecule has 1 fully saturated rings. The molecule has 0 aliphatic heterocycles. The number of hydrogen-bond acceptors (Lipinski definition) is 0. The molecule has 0 saturated heterocycles. The SMILES string of the molecule is CC1CC/C=C\C(F)(C2CC2)CC1. The van der Waals surface area contributed by atoms with Crippen LogP contribution in [-0.4, -0.2) is 5.67 Å². The fourth-order valence-electron chi connectivity index (χ4n) is 2.26. The molecular formula is C12H19F. The molecule has 0 radical (unpaired) electrons. The van der Waals surface area contributed by atoms with E-state index in [1.165, 1.54) is 6.42 Å². The van der Waals surface area contributed by atoms with Gasteiger partial charge < -0.3 is 0 Å². The summed E-state index contributed by atoms with van der Waals surface area (Å²) in [6, 6.07) is 0. The first-order chi connectivity index (χ1) is 6.21. The van der Waals surface area contributed by atoms with E-state index in [2.05, 4.69) is 13.0 Å². The van der Waals surface area contributed by atoms with E-state index in [-0.39, 0.29) is 0 Å². The number of hydrogen-bond donors (Lipinski definition) is 0. The van der Waals surface area contributed by atoms with Crippen LogP contribution in [0.3, 0.4) is 0 Å². The van der Waals surface area contributed by atoms with Gasteiger partial charge in [0.2, 0.25) is 0 Å². The van der Waals surface area contributed by atoms with Gasteiger partial charge in [0.05, 0.1) is 0 Å². The van der Waals surface area contributed by atoms with Gasteiger partial charge in [0.25, 0.3) is 0 Å². The quantitative estimate of drug-likeness (QED) is 0.540. The Kier molecular flexibility index (Phi) is 2.44. The van der Waals surface area contributed by atoms with Crippen molar-refractivity contribution in [3.63, 3.8) is 0 Å². The molecule has 0 N–H and O–H groups in total. The highest BCUT2D eigenvalue weighted by molar-refractivity contribution is 5.10. The Labute approximate surface area is 80.2 Å². The van der Waals surface area contributed by atoms with Gasteiger partial charge in [0.1, 0.15) is 5.67 Å². The number of halogens is 1. The molecule has 74 valence electrons. The van der Waals surface area contributed by atoms with Gasteiger partial charge in [-0.15, -0.1) is 0 Å². The number of rotatable bonds is 1. The summed E-state index contributed by atoms with van der Waals surface area (Å²) in [6.07, 6.45) is 10.3. The van der Waals surface area contributed by atoms with Crippen LogP contribution < -0.4 is 0 Å². The molecule has 0 nitrogen and oxygen atoms in total. The number of allylic oxidation sites excluding steroid dienone is 2. The van der Waals surface area contributed by atoms with E-state index < -0.39 is 5.67 Å². The molecule has 2 atom stereocenters. The van der Waals surface area contributed by atoms with Crippen molar-refractivity contribution in [1.29, 1.82) is 0 Å². The highest BCUT2D eigenvalue weighted by Gasteiger charge is 2.43. The monoisotopic (exact) mass is 182 g/mol. The maximum atomic E-state index is 14.3. The Balaban J connectivity index is 2.04. The molecule has 0 spiro atoms. The normalized spacial score (nSPS) is 43.7. The molecule has 0 amide bonds. The third-order valence-corrected chi connectivity index (χ3v) is 3.50. The zero-order valence-electron chi connectivity index (χ0n) is 8.43. The van der Waals surface area contributed by atoms with E-state index >= 15 is 0 Å². The summed E-state index contributed by atoms with van der Waals surface area (Å²) in [4.78, 5) is 0. The molecule has 0 aromatic rings. The predicted molar refractivity (Wildman–Crippen MR) is 53.3 cm³/mol. The Morgan fingerprint density at radius 2 is 2.00 bits per heavy atom.